The Morgan fingerprint density at radius 2 is 2.11 bits per heavy atom. The zero-order valence-corrected chi connectivity index (χ0v) is 15.1. The number of ether oxygens (including phenoxy) is 1. The molecule has 6 nitrogen and oxygen atoms in total. The highest BCUT2D eigenvalue weighted by Crippen LogP contribution is 2.38. The van der Waals surface area contributed by atoms with Gasteiger partial charge < -0.3 is 14.2 Å². The van der Waals surface area contributed by atoms with Crippen molar-refractivity contribution in [3.63, 3.8) is 0 Å². The van der Waals surface area contributed by atoms with Crippen LogP contribution in [-0.4, -0.2) is 29.7 Å². The van der Waals surface area contributed by atoms with E-state index in [0.717, 1.165) is 0 Å². The SMILES string of the molecule is COc1ccc(Cl)cc1N1C[C@H](c2nc(-c3ccccc3F)no2)CC1=O. The first kappa shape index (κ1) is 17.5. The van der Waals surface area contributed by atoms with Gasteiger partial charge in [-0.3, -0.25) is 4.79 Å². The van der Waals surface area contributed by atoms with Gasteiger partial charge in [0, 0.05) is 18.0 Å². The highest BCUT2D eigenvalue weighted by molar-refractivity contribution is 6.31. The molecule has 0 saturated carbocycles. The summed E-state index contributed by atoms with van der Waals surface area (Å²) in [6, 6.07) is 11.3. The van der Waals surface area contributed by atoms with Gasteiger partial charge in [-0.15, -0.1) is 0 Å². The van der Waals surface area contributed by atoms with Crippen molar-refractivity contribution in [3.05, 3.63) is 59.2 Å². The van der Waals surface area contributed by atoms with Gasteiger partial charge in [-0.1, -0.05) is 28.9 Å². The molecule has 0 bridgehead atoms. The monoisotopic (exact) mass is 387 g/mol. The van der Waals surface area contributed by atoms with Gasteiger partial charge in [0.1, 0.15) is 11.6 Å². The second-order valence-electron chi connectivity index (χ2n) is 6.16. The van der Waals surface area contributed by atoms with Crippen molar-refractivity contribution in [3.8, 4) is 17.1 Å². The van der Waals surface area contributed by atoms with Crippen LogP contribution in [0.2, 0.25) is 5.02 Å². The van der Waals surface area contributed by atoms with Crippen molar-refractivity contribution < 1.29 is 18.4 Å². The molecule has 1 amide bonds. The van der Waals surface area contributed by atoms with E-state index in [9.17, 15) is 9.18 Å². The average Bonchev–Trinajstić information content (AvgIpc) is 3.29. The molecule has 1 aliphatic rings. The molecule has 27 heavy (non-hydrogen) atoms. The molecule has 3 aromatic rings. The van der Waals surface area contributed by atoms with Crippen molar-refractivity contribution >= 4 is 23.2 Å². The van der Waals surface area contributed by atoms with E-state index in [1.54, 1.807) is 41.3 Å². The van der Waals surface area contributed by atoms with E-state index in [2.05, 4.69) is 10.1 Å². The molecule has 0 unspecified atom stereocenters. The lowest BCUT2D eigenvalue weighted by molar-refractivity contribution is -0.117. The molecule has 138 valence electrons. The predicted molar refractivity (Wildman–Crippen MR) is 97.4 cm³/mol. The van der Waals surface area contributed by atoms with Crippen molar-refractivity contribution in [1.82, 2.24) is 10.1 Å². The van der Waals surface area contributed by atoms with Crippen molar-refractivity contribution in [1.29, 1.82) is 0 Å². The van der Waals surface area contributed by atoms with Crippen LogP contribution >= 0.6 is 11.6 Å². The first-order valence-electron chi connectivity index (χ1n) is 8.29. The summed E-state index contributed by atoms with van der Waals surface area (Å²) in [6.45, 7) is 0.342. The molecule has 1 fully saturated rings. The molecular weight excluding hydrogens is 373 g/mol. The van der Waals surface area contributed by atoms with Crippen LogP contribution in [0.25, 0.3) is 11.4 Å². The van der Waals surface area contributed by atoms with Gasteiger partial charge in [0.15, 0.2) is 0 Å². The van der Waals surface area contributed by atoms with E-state index in [0.29, 0.717) is 28.9 Å². The quantitative estimate of drug-likeness (QED) is 0.675. The minimum atomic E-state index is -0.433. The smallest absolute Gasteiger partial charge is 0.232 e. The maximum Gasteiger partial charge on any atom is 0.232 e. The summed E-state index contributed by atoms with van der Waals surface area (Å²) in [7, 11) is 1.53. The topological polar surface area (TPSA) is 68.5 Å². The van der Waals surface area contributed by atoms with Crippen LogP contribution in [0, 0.1) is 5.82 Å². The number of carbonyl (C=O) groups is 1. The van der Waals surface area contributed by atoms with Crippen molar-refractivity contribution in [2.45, 2.75) is 12.3 Å². The first-order chi connectivity index (χ1) is 13.1. The molecule has 2 aromatic carbocycles. The number of methoxy groups -OCH3 is 1. The summed E-state index contributed by atoms with van der Waals surface area (Å²) in [5.41, 5.74) is 0.844. The number of benzene rings is 2. The van der Waals surface area contributed by atoms with Gasteiger partial charge in [0.2, 0.25) is 17.6 Å². The fraction of sp³-hybridized carbons (Fsp3) is 0.211. The Balaban J connectivity index is 1.60. The summed E-state index contributed by atoms with van der Waals surface area (Å²) >= 11 is 6.07. The van der Waals surface area contributed by atoms with Gasteiger partial charge in [0.25, 0.3) is 0 Å². The highest BCUT2D eigenvalue weighted by atomic mass is 35.5. The Kier molecular flexibility index (Phi) is 4.53. The van der Waals surface area contributed by atoms with Crippen LogP contribution in [0.4, 0.5) is 10.1 Å². The molecule has 0 aliphatic carbocycles. The summed E-state index contributed by atoms with van der Waals surface area (Å²) < 4.78 is 24.6. The van der Waals surface area contributed by atoms with Gasteiger partial charge >= 0.3 is 0 Å². The summed E-state index contributed by atoms with van der Waals surface area (Å²) in [5, 5.41) is 4.36. The van der Waals surface area contributed by atoms with Crippen LogP contribution in [0.1, 0.15) is 18.2 Å². The third kappa shape index (κ3) is 3.26. The number of carbonyl (C=O) groups excluding carboxylic acids is 1. The number of amides is 1. The van der Waals surface area contributed by atoms with Gasteiger partial charge in [-0.05, 0) is 30.3 Å². The summed E-state index contributed by atoms with van der Waals surface area (Å²) in [4.78, 5) is 18.4. The van der Waals surface area contributed by atoms with E-state index >= 15 is 0 Å². The van der Waals surface area contributed by atoms with E-state index in [-0.39, 0.29) is 29.6 Å². The molecule has 1 saturated heterocycles. The minimum absolute atomic E-state index is 0.105. The van der Waals surface area contributed by atoms with E-state index < -0.39 is 5.82 Å². The highest BCUT2D eigenvalue weighted by Gasteiger charge is 2.36. The Morgan fingerprint density at radius 3 is 2.89 bits per heavy atom. The first-order valence-corrected chi connectivity index (χ1v) is 8.67. The lowest BCUT2D eigenvalue weighted by Crippen LogP contribution is -2.24. The summed E-state index contributed by atoms with van der Waals surface area (Å²) in [6.07, 6.45) is 0.203. The number of aromatic nitrogens is 2. The van der Waals surface area contributed by atoms with Crippen LogP contribution in [0.15, 0.2) is 47.0 Å². The maximum atomic E-state index is 13.9. The van der Waals surface area contributed by atoms with Gasteiger partial charge in [-0.2, -0.15) is 4.98 Å². The van der Waals surface area contributed by atoms with Gasteiger partial charge in [0.05, 0.1) is 24.3 Å². The molecular formula is C19H15ClFN3O3. The second-order valence-corrected chi connectivity index (χ2v) is 6.59. The van der Waals surface area contributed by atoms with Crippen LogP contribution < -0.4 is 9.64 Å². The third-order valence-corrected chi connectivity index (χ3v) is 4.70. The largest absolute Gasteiger partial charge is 0.495 e. The Bertz CT molecular complexity index is 1010. The van der Waals surface area contributed by atoms with Crippen molar-refractivity contribution in [2.24, 2.45) is 0 Å². The number of hydrogen-bond donors (Lipinski definition) is 0. The summed E-state index contributed by atoms with van der Waals surface area (Å²) in [5.74, 6) is 0.170. The number of halogens is 2. The minimum Gasteiger partial charge on any atom is -0.495 e. The lowest BCUT2D eigenvalue weighted by atomic mass is 10.1. The molecule has 0 N–H and O–H groups in total. The number of hydrogen-bond acceptors (Lipinski definition) is 5. The Hall–Kier alpha value is -2.93. The zero-order chi connectivity index (χ0) is 19.0. The molecule has 4 rings (SSSR count). The van der Waals surface area contributed by atoms with Crippen molar-refractivity contribution in [2.75, 3.05) is 18.6 Å². The standard InChI is InChI=1S/C19H15ClFN3O3/c1-26-16-7-6-12(20)9-15(16)24-10-11(8-17(24)25)19-22-18(23-27-19)13-4-2-3-5-14(13)21/h2-7,9,11H,8,10H2,1H3/t11-/m1/s1. The average molecular weight is 388 g/mol. The lowest BCUT2D eigenvalue weighted by Gasteiger charge is -2.19. The number of anilines is 1. The van der Waals surface area contributed by atoms with Crippen LogP contribution in [0.5, 0.6) is 5.75 Å². The predicted octanol–water partition coefficient (Wildman–Crippen LogP) is 4.06. The molecule has 2 heterocycles. The zero-order valence-electron chi connectivity index (χ0n) is 14.4. The molecule has 1 aromatic heterocycles. The molecule has 0 radical (unpaired) electrons. The Labute approximate surface area is 159 Å². The van der Waals surface area contributed by atoms with Crippen LogP contribution in [0.3, 0.4) is 0 Å². The molecule has 0 spiro atoms. The maximum absolute atomic E-state index is 13.9. The third-order valence-electron chi connectivity index (χ3n) is 4.46. The molecule has 1 aliphatic heterocycles. The van der Waals surface area contributed by atoms with Crippen LogP contribution in [-0.2, 0) is 4.79 Å². The van der Waals surface area contributed by atoms with E-state index in [4.69, 9.17) is 20.9 Å². The number of nitrogens with zero attached hydrogens (tertiary/aromatic N) is 3. The van der Waals surface area contributed by atoms with E-state index in [1.165, 1.54) is 13.2 Å². The fourth-order valence-electron chi connectivity index (χ4n) is 3.13. The van der Waals surface area contributed by atoms with E-state index in [1.807, 2.05) is 0 Å². The number of rotatable bonds is 4. The second kappa shape index (κ2) is 7.00. The Morgan fingerprint density at radius 1 is 1.30 bits per heavy atom. The van der Waals surface area contributed by atoms with Gasteiger partial charge in [-0.25, -0.2) is 4.39 Å². The molecule has 1 atom stereocenters. The molecule has 8 heteroatoms. The normalized spacial score (nSPS) is 16.8. The fourth-order valence-corrected chi connectivity index (χ4v) is 3.30.